The second-order valence-electron chi connectivity index (χ2n) is 5.35. The minimum absolute atomic E-state index is 0.390. The number of aromatic nitrogens is 1. The van der Waals surface area contributed by atoms with Crippen LogP contribution in [0.25, 0.3) is 10.9 Å². The number of hydrogen-bond donors (Lipinski definition) is 1. The van der Waals surface area contributed by atoms with Gasteiger partial charge in [0.25, 0.3) is 0 Å². The summed E-state index contributed by atoms with van der Waals surface area (Å²) in [6, 6.07) is 11.2. The first kappa shape index (κ1) is 15.9. The molecule has 0 bridgehead atoms. The Morgan fingerprint density at radius 2 is 2.05 bits per heavy atom. The van der Waals surface area contributed by atoms with Gasteiger partial charge >= 0.3 is 0 Å². The zero-order valence-corrected chi connectivity index (χ0v) is 13.4. The van der Waals surface area contributed by atoms with Crippen molar-refractivity contribution in [3.63, 3.8) is 0 Å². The molecule has 1 aromatic heterocycles. The minimum atomic E-state index is 0.390. The van der Waals surface area contributed by atoms with Gasteiger partial charge in [-0.25, -0.2) is 0 Å². The van der Waals surface area contributed by atoms with Crippen LogP contribution in [0.4, 0.5) is 0 Å². The lowest BCUT2D eigenvalue weighted by atomic mass is 10.00. The summed E-state index contributed by atoms with van der Waals surface area (Å²) in [4.78, 5) is 4.57. The molecule has 0 amide bonds. The maximum Gasteiger partial charge on any atom is 0.0705 e. The molecule has 1 aromatic carbocycles. The van der Waals surface area contributed by atoms with Gasteiger partial charge in [0.05, 0.1) is 5.52 Å². The van der Waals surface area contributed by atoms with Crippen LogP contribution in [0.2, 0.25) is 0 Å². The third-order valence-electron chi connectivity index (χ3n) is 3.69. The monoisotopic (exact) mass is 286 g/mol. The fraction of sp³-hybridized carbons (Fsp3) is 0.500. The van der Waals surface area contributed by atoms with Crippen molar-refractivity contribution in [1.29, 1.82) is 0 Å². The molecule has 0 saturated carbocycles. The molecule has 1 N–H and O–H groups in total. The van der Waals surface area contributed by atoms with Gasteiger partial charge in [0.15, 0.2) is 0 Å². The highest BCUT2D eigenvalue weighted by atomic mass is 16.5. The molecule has 3 nitrogen and oxygen atoms in total. The van der Waals surface area contributed by atoms with Gasteiger partial charge < -0.3 is 10.1 Å². The van der Waals surface area contributed by atoms with Crippen LogP contribution in [-0.2, 0) is 4.74 Å². The molecule has 0 fully saturated rings. The van der Waals surface area contributed by atoms with E-state index >= 15 is 0 Å². The Labute approximate surface area is 127 Å². The number of pyridine rings is 1. The first-order valence-corrected chi connectivity index (χ1v) is 7.93. The van der Waals surface area contributed by atoms with E-state index in [1.807, 2.05) is 13.8 Å². The fourth-order valence-corrected chi connectivity index (χ4v) is 2.63. The number of rotatable bonds is 8. The summed E-state index contributed by atoms with van der Waals surface area (Å²) >= 11 is 0. The summed E-state index contributed by atoms with van der Waals surface area (Å²) in [7, 11) is 0. The lowest BCUT2D eigenvalue weighted by Crippen LogP contribution is -2.21. The fourth-order valence-electron chi connectivity index (χ4n) is 2.63. The molecule has 0 saturated heterocycles. The van der Waals surface area contributed by atoms with E-state index < -0.39 is 0 Å². The van der Waals surface area contributed by atoms with E-state index in [0.29, 0.717) is 6.04 Å². The third-order valence-corrected chi connectivity index (χ3v) is 3.69. The lowest BCUT2D eigenvalue weighted by Gasteiger charge is -2.19. The zero-order chi connectivity index (χ0) is 15.1. The van der Waals surface area contributed by atoms with Crippen LogP contribution in [-0.4, -0.2) is 24.7 Å². The standard InChI is InChI=1S/C18H26N2O/c1-4-19-17(7-6-12-21-5-2)15-10-11-18-16(13-15)9-8-14(3)20-18/h8-11,13,17,19H,4-7,12H2,1-3H3. The SMILES string of the molecule is CCNC(CCCOCC)c1ccc2nc(C)ccc2c1. The van der Waals surface area contributed by atoms with Gasteiger partial charge in [-0.15, -0.1) is 0 Å². The van der Waals surface area contributed by atoms with Gasteiger partial charge in [-0.1, -0.05) is 19.1 Å². The van der Waals surface area contributed by atoms with Gasteiger partial charge in [0.2, 0.25) is 0 Å². The highest BCUT2D eigenvalue weighted by Gasteiger charge is 2.10. The molecule has 0 aliphatic heterocycles. The van der Waals surface area contributed by atoms with Gasteiger partial charge in [-0.3, -0.25) is 4.98 Å². The molecule has 0 aliphatic carbocycles. The molecule has 0 radical (unpaired) electrons. The first-order valence-electron chi connectivity index (χ1n) is 7.93. The van der Waals surface area contributed by atoms with Crippen LogP contribution in [0.1, 0.15) is 44.0 Å². The maximum absolute atomic E-state index is 5.44. The van der Waals surface area contributed by atoms with Crippen molar-refractivity contribution in [1.82, 2.24) is 10.3 Å². The average molecular weight is 286 g/mol. The molecule has 114 valence electrons. The topological polar surface area (TPSA) is 34.1 Å². The average Bonchev–Trinajstić information content (AvgIpc) is 2.50. The molecular weight excluding hydrogens is 260 g/mol. The van der Waals surface area contributed by atoms with Gasteiger partial charge in [-0.05, 0) is 57.0 Å². The van der Waals surface area contributed by atoms with Crippen LogP contribution < -0.4 is 5.32 Å². The smallest absolute Gasteiger partial charge is 0.0705 e. The second-order valence-corrected chi connectivity index (χ2v) is 5.35. The van der Waals surface area contributed by atoms with Crippen LogP contribution in [0.15, 0.2) is 30.3 Å². The molecule has 21 heavy (non-hydrogen) atoms. The maximum atomic E-state index is 5.44. The van der Waals surface area contributed by atoms with Gasteiger partial charge in [0, 0.05) is 30.3 Å². The van der Waals surface area contributed by atoms with E-state index in [1.165, 1.54) is 10.9 Å². The van der Waals surface area contributed by atoms with E-state index in [4.69, 9.17) is 4.74 Å². The molecule has 0 spiro atoms. The highest BCUT2D eigenvalue weighted by molar-refractivity contribution is 5.79. The molecule has 2 aromatic rings. The van der Waals surface area contributed by atoms with E-state index in [0.717, 1.165) is 43.8 Å². The van der Waals surface area contributed by atoms with Crippen LogP contribution in [0, 0.1) is 6.92 Å². The molecule has 2 rings (SSSR count). The van der Waals surface area contributed by atoms with Crippen molar-refractivity contribution in [2.75, 3.05) is 19.8 Å². The van der Waals surface area contributed by atoms with Gasteiger partial charge in [-0.2, -0.15) is 0 Å². The largest absolute Gasteiger partial charge is 0.382 e. The van der Waals surface area contributed by atoms with Crippen molar-refractivity contribution in [3.05, 3.63) is 41.6 Å². The second kappa shape index (κ2) is 8.11. The molecule has 0 aliphatic rings. The minimum Gasteiger partial charge on any atom is -0.382 e. The quantitative estimate of drug-likeness (QED) is 0.744. The Balaban J connectivity index is 2.13. The van der Waals surface area contributed by atoms with Crippen molar-refractivity contribution in [2.45, 2.75) is 39.7 Å². The summed E-state index contributed by atoms with van der Waals surface area (Å²) in [6.45, 7) is 8.84. The number of ether oxygens (including phenoxy) is 1. The van der Waals surface area contributed by atoms with Crippen molar-refractivity contribution in [2.24, 2.45) is 0 Å². The molecule has 1 unspecified atom stereocenters. The van der Waals surface area contributed by atoms with E-state index in [9.17, 15) is 0 Å². The Kier molecular flexibility index (Phi) is 6.15. The molecule has 3 heteroatoms. The third kappa shape index (κ3) is 4.51. The summed E-state index contributed by atoms with van der Waals surface area (Å²) in [5.41, 5.74) is 3.48. The molecular formula is C18H26N2O. The predicted molar refractivity (Wildman–Crippen MR) is 88.6 cm³/mol. The van der Waals surface area contributed by atoms with Gasteiger partial charge in [0.1, 0.15) is 0 Å². The van der Waals surface area contributed by atoms with E-state index in [1.54, 1.807) is 0 Å². The Hall–Kier alpha value is -1.45. The summed E-state index contributed by atoms with van der Waals surface area (Å²) in [6.07, 6.45) is 2.17. The van der Waals surface area contributed by atoms with Crippen molar-refractivity contribution < 1.29 is 4.74 Å². The Morgan fingerprint density at radius 1 is 1.19 bits per heavy atom. The number of hydrogen-bond acceptors (Lipinski definition) is 3. The number of fused-ring (bicyclic) bond motifs is 1. The normalized spacial score (nSPS) is 12.7. The van der Waals surface area contributed by atoms with Crippen molar-refractivity contribution >= 4 is 10.9 Å². The van der Waals surface area contributed by atoms with Crippen LogP contribution in [0.5, 0.6) is 0 Å². The molecule has 1 atom stereocenters. The Morgan fingerprint density at radius 3 is 2.81 bits per heavy atom. The van der Waals surface area contributed by atoms with E-state index in [2.05, 4.69) is 47.6 Å². The number of aryl methyl sites for hydroxylation is 1. The van der Waals surface area contributed by atoms with Crippen molar-refractivity contribution in [3.8, 4) is 0 Å². The number of nitrogens with one attached hydrogen (secondary N) is 1. The molecule has 1 heterocycles. The number of nitrogens with zero attached hydrogens (tertiary/aromatic N) is 1. The van der Waals surface area contributed by atoms with E-state index in [-0.39, 0.29) is 0 Å². The highest BCUT2D eigenvalue weighted by Crippen LogP contribution is 2.23. The first-order chi connectivity index (χ1) is 10.2. The summed E-state index contributed by atoms with van der Waals surface area (Å²) < 4.78 is 5.44. The number of benzene rings is 1. The zero-order valence-electron chi connectivity index (χ0n) is 13.4. The summed E-state index contributed by atoms with van der Waals surface area (Å²) in [5, 5.41) is 4.79. The lowest BCUT2D eigenvalue weighted by molar-refractivity contribution is 0.141. The Bertz CT molecular complexity index is 568. The van der Waals surface area contributed by atoms with Crippen LogP contribution >= 0.6 is 0 Å². The predicted octanol–water partition coefficient (Wildman–Crippen LogP) is 4.01. The van der Waals surface area contributed by atoms with Crippen LogP contribution in [0.3, 0.4) is 0 Å². The summed E-state index contributed by atoms with van der Waals surface area (Å²) in [5.74, 6) is 0.